The molecule has 1 unspecified atom stereocenters. The normalized spacial score (nSPS) is 12.1. The number of rotatable bonds is 11. The number of fused-ring (bicyclic) bond motifs is 1. The Morgan fingerprint density at radius 1 is 0.975 bits per heavy atom. The highest BCUT2D eigenvalue weighted by Crippen LogP contribution is 2.35. The van der Waals surface area contributed by atoms with Crippen LogP contribution in [0, 0.1) is 0 Å². The summed E-state index contributed by atoms with van der Waals surface area (Å²) in [6, 6.07) is 23.3. The summed E-state index contributed by atoms with van der Waals surface area (Å²) < 4.78 is 0. The van der Waals surface area contributed by atoms with Crippen LogP contribution >= 0.6 is 35.0 Å². The Hall–Kier alpha value is -3.32. The molecule has 0 spiro atoms. The van der Waals surface area contributed by atoms with Gasteiger partial charge in [0, 0.05) is 46.1 Å². The molecular formula is C32H30Cl2N2O3S. The minimum atomic E-state index is -0.816. The summed E-state index contributed by atoms with van der Waals surface area (Å²) in [5, 5.41) is 11.4. The summed E-state index contributed by atoms with van der Waals surface area (Å²) in [5.74, 6) is -0.416. The highest BCUT2D eigenvalue weighted by atomic mass is 35.5. The number of aryl methyl sites for hydroxylation is 1. The largest absolute Gasteiger partial charge is 0.481 e. The number of aliphatic carboxylic acids is 1. The Morgan fingerprint density at radius 3 is 2.50 bits per heavy atom. The van der Waals surface area contributed by atoms with Gasteiger partial charge in [-0.15, -0.1) is 0 Å². The molecule has 3 aromatic carbocycles. The molecule has 0 radical (unpaired) electrons. The van der Waals surface area contributed by atoms with Gasteiger partial charge in [-0.05, 0) is 65.9 Å². The number of carbonyl (C=O) groups is 2. The molecule has 1 N–H and O–H groups in total. The van der Waals surface area contributed by atoms with Crippen LogP contribution in [0.4, 0.5) is 0 Å². The average Bonchev–Trinajstić information content (AvgIpc) is 2.93. The van der Waals surface area contributed by atoms with Crippen molar-refractivity contribution in [1.82, 2.24) is 9.88 Å². The zero-order chi connectivity index (χ0) is 28.6. The third kappa shape index (κ3) is 8.10. The van der Waals surface area contributed by atoms with E-state index in [1.165, 1.54) is 0 Å². The Bertz CT molecular complexity index is 1550. The standard InChI is InChI=1S/C32H30Cl2N2O3S/c1-36(2)32(39)28-19-25(33)11-7-22(28)10-15-30(40-17-16-31(37)38)24-5-3-4-21(18-24)6-13-27-14-9-23-8-12-26(34)20-29(23)35-27/h3-9,11-14,18-20,30H,10,15-17H2,1-2H3,(H,37,38)/b13-6+. The van der Waals surface area contributed by atoms with E-state index >= 15 is 0 Å². The van der Waals surface area contributed by atoms with Crippen molar-refractivity contribution < 1.29 is 14.7 Å². The fourth-order valence-electron chi connectivity index (χ4n) is 4.37. The lowest BCUT2D eigenvalue weighted by molar-refractivity contribution is -0.136. The van der Waals surface area contributed by atoms with Gasteiger partial charge in [-0.1, -0.05) is 71.7 Å². The van der Waals surface area contributed by atoms with E-state index < -0.39 is 5.97 Å². The SMILES string of the molecule is CN(C)C(=O)c1cc(Cl)ccc1CCC(SCCC(=O)O)c1cccc(/C=C/c2ccc3ccc(Cl)cc3n2)c1. The number of thioether (sulfide) groups is 1. The van der Waals surface area contributed by atoms with Gasteiger partial charge < -0.3 is 10.0 Å². The molecule has 0 aliphatic rings. The number of halogens is 2. The van der Waals surface area contributed by atoms with Gasteiger partial charge >= 0.3 is 5.97 Å². The molecule has 0 bridgehead atoms. The second kappa shape index (κ2) is 13.8. The summed E-state index contributed by atoms with van der Waals surface area (Å²) in [4.78, 5) is 30.2. The number of pyridine rings is 1. The van der Waals surface area contributed by atoms with Crippen LogP contribution in [0.25, 0.3) is 23.1 Å². The molecule has 1 atom stereocenters. The van der Waals surface area contributed by atoms with Gasteiger partial charge in [0.15, 0.2) is 0 Å². The second-order valence-electron chi connectivity index (χ2n) is 9.62. The molecular weight excluding hydrogens is 563 g/mol. The number of benzene rings is 3. The van der Waals surface area contributed by atoms with E-state index in [-0.39, 0.29) is 17.6 Å². The van der Waals surface area contributed by atoms with Crippen molar-refractivity contribution in [3.05, 3.63) is 111 Å². The van der Waals surface area contributed by atoms with Crippen LogP contribution in [0.3, 0.4) is 0 Å². The summed E-state index contributed by atoms with van der Waals surface area (Å²) >= 11 is 14.0. The van der Waals surface area contributed by atoms with E-state index in [2.05, 4.69) is 12.1 Å². The van der Waals surface area contributed by atoms with Crippen LogP contribution in [-0.4, -0.2) is 46.7 Å². The molecule has 1 amide bonds. The van der Waals surface area contributed by atoms with Crippen molar-refractivity contribution in [2.45, 2.75) is 24.5 Å². The zero-order valence-corrected chi connectivity index (χ0v) is 24.6. The molecule has 1 heterocycles. The maximum atomic E-state index is 12.8. The van der Waals surface area contributed by atoms with Gasteiger partial charge in [0.05, 0.1) is 17.6 Å². The minimum absolute atomic E-state index is 0.0478. The first-order chi connectivity index (χ1) is 19.2. The fraction of sp³-hybridized carbons (Fsp3) is 0.219. The highest BCUT2D eigenvalue weighted by Gasteiger charge is 2.18. The van der Waals surface area contributed by atoms with Crippen LogP contribution in [0.2, 0.25) is 10.0 Å². The Balaban J connectivity index is 1.56. The predicted molar refractivity (Wildman–Crippen MR) is 167 cm³/mol. The van der Waals surface area contributed by atoms with Gasteiger partial charge in [-0.2, -0.15) is 11.8 Å². The number of hydrogen-bond donors (Lipinski definition) is 1. The average molecular weight is 594 g/mol. The molecule has 0 aliphatic heterocycles. The Morgan fingerprint density at radius 2 is 1.73 bits per heavy atom. The summed E-state index contributed by atoms with van der Waals surface area (Å²) in [7, 11) is 3.44. The Labute approximate surface area is 248 Å². The van der Waals surface area contributed by atoms with E-state index in [0.29, 0.717) is 27.8 Å². The predicted octanol–water partition coefficient (Wildman–Crippen LogP) is 8.30. The molecule has 5 nitrogen and oxygen atoms in total. The molecule has 4 aromatic rings. The van der Waals surface area contributed by atoms with E-state index in [0.717, 1.165) is 39.7 Å². The number of nitrogens with zero attached hydrogens (tertiary/aromatic N) is 2. The van der Waals surface area contributed by atoms with E-state index in [1.807, 2.05) is 60.7 Å². The van der Waals surface area contributed by atoms with E-state index in [9.17, 15) is 14.7 Å². The summed E-state index contributed by atoms with van der Waals surface area (Å²) in [6.07, 6.45) is 5.47. The monoisotopic (exact) mass is 592 g/mol. The van der Waals surface area contributed by atoms with Crippen LogP contribution in [0.15, 0.2) is 72.8 Å². The fourth-order valence-corrected chi connectivity index (χ4v) is 5.91. The van der Waals surface area contributed by atoms with Crippen molar-refractivity contribution in [1.29, 1.82) is 0 Å². The first-order valence-corrected chi connectivity index (χ1v) is 14.7. The number of carboxylic acids is 1. The molecule has 0 saturated carbocycles. The molecule has 0 aliphatic carbocycles. The molecule has 0 fully saturated rings. The second-order valence-corrected chi connectivity index (χ2v) is 11.8. The molecule has 206 valence electrons. The van der Waals surface area contributed by atoms with Crippen LogP contribution in [-0.2, 0) is 11.2 Å². The summed E-state index contributed by atoms with van der Waals surface area (Å²) in [5.41, 5.74) is 5.30. The van der Waals surface area contributed by atoms with Gasteiger partial charge in [-0.3, -0.25) is 9.59 Å². The first-order valence-electron chi connectivity index (χ1n) is 12.9. The maximum Gasteiger partial charge on any atom is 0.304 e. The molecule has 8 heteroatoms. The topological polar surface area (TPSA) is 70.5 Å². The van der Waals surface area contributed by atoms with Crippen molar-refractivity contribution >= 4 is 69.9 Å². The number of carboxylic acid groups (broad SMARTS) is 1. The van der Waals surface area contributed by atoms with Gasteiger partial charge in [0.1, 0.15) is 0 Å². The number of carbonyl (C=O) groups excluding carboxylic acids is 1. The van der Waals surface area contributed by atoms with Crippen molar-refractivity contribution in [2.24, 2.45) is 0 Å². The third-order valence-corrected chi connectivity index (χ3v) is 8.24. The van der Waals surface area contributed by atoms with Crippen molar-refractivity contribution in [3.8, 4) is 0 Å². The highest BCUT2D eigenvalue weighted by molar-refractivity contribution is 7.99. The lowest BCUT2D eigenvalue weighted by Crippen LogP contribution is -2.23. The van der Waals surface area contributed by atoms with E-state index in [1.54, 1.807) is 42.9 Å². The van der Waals surface area contributed by atoms with E-state index in [4.69, 9.17) is 28.2 Å². The zero-order valence-electron chi connectivity index (χ0n) is 22.3. The lowest BCUT2D eigenvalue weighted by atomic mass is 9.98. The van der Waals surface area contributed by atoms with Crippen LogP contribution < -0.4 is 0 Å². The number of hydrogen-bond acceptors (Lipinski definition) is 4. The van der Waals surface area contributed by atoms with Crippen LogP contribution in [0.5, 0.6) is 0 Å². The molecule has 0 saturated heterocycles. The van der Waals surface area contributed by atoms with Gasteiger partial charge in [-0.25, -0.2) is 4.98 Å². The number of amides is 1. The van der Waals surface area contributed by atoms with Gasteiger partial charge in [0.2, 0.25) is 0 Å². The molecule has 1 aromatic heterocycles. The maximum absolute atomic E-state index is 12.8. The van der Waals surface area contributed by atoms with Crippen molar-refractivity contribution in [2.75, 3.05) is 19.8 Å². The molecule has 40 heavy (non-hydrogen) atoms. The lowest BCUT2D eigenvalue weighted by Gasteiger charge is -2.19. The number of aromatic nitrogens is 1. The third-order valence-electron chi connectivity index (χ3n) is 6.42. The smallest absolute Gasteiger partial charge is 0.304 e. The van der Waals surface area contributed by atoms with Crippen LogP contribution in [0.1, 0.15) is 50.8 Å². The van der Waals surface area contributed by atoms with Gasteiger partial charge in [0.25, 0.3) is 5.91 Å². The quantitative estimate of drug-likeness (QED) is 0.190. The molecule has 4 rings (SSSR count). The first kappa shape index (κ1) is 29.7. The minimum Gasteiger partial charge on any atom is -0.481 e. The summed E-state index contributed by atoms with van der Waals surface area (Å²) in [6.45, 7) is 0. The Kier molecular flexibility index (Phi) is 10.3. The van der Waals surface area contributed by atoms with Crippen molar-refractivity contribution in [3.63, 3.8) is 0 Å².